The van der Waals surface area contributed by atoms with E-state index in [1.165, 1.54) is 0 Å². The Kier molecular flexibility index (Phi) is 3.76. The predicted molar refractivity (Wildman–Crippen MR) is 95.0 cm³/mol. The molecule has 4 rings (SSSR count). The van der Waals surface area contributed by atoms with Crippen LogP contribution in [-0.4, -0.2) is 34.0 Å². The maximum Gasteiger partial charge on any atom is 0.337 e. The molecule has 0 spiro atoms. The van der Waals surface area contributed by atoms with Crippen LogP contribution in [0.4, 0.5) is 5.69 Å². The number of aliphatic hydroxyl groups is 2. The van der Waals surface area contributed by atoms with Gasteiger partial charge in [0.25, 0.3) is 0 Å². The van der Waals surface area contributed by atoms with Crippen molar-refractivity contribution in [3.05, 3.63) is 59.8 Å². The third-order valence-electron chi connectivity index (χ3n) is 4.18. The van der Waals surface area contributed by atoms with Gasteiger partial charge in [-0.05, 0) is 30.3 Å². The highest BCUT2D eigenvalue weighted by Crippen LogP contribution is 2.38. The number of benzene rings is 2. The van der Waals surface area contributed by atoms with Crippen molar-refractivity contribution >= 4 is 34.2 Å². The molecule has 0 radical (unpaired) electrons. The van der Waals surface area contributed by atoms with Gasteiger partial charge in [0.2, 0.25) is 0 Å². The van der Waals surface area contributed by atoms with Crippen LogP contribution in [-0.2, 0) is 4.79 Å². The fourth-order valence-corrected chi connectivity index (χ4v) is 3.03. The second kappa shape index (κ2) is 6.08. The molecule has 0 bridgehead atoms. The summed E-state index contributed by atoms with van der Waals surface area (Å²) in [4.78, 5) is 14.5. The first-order chi connectivity index (χ1) is 12.2. The molecule has 4 N–H and O–H groups in total. The molecule has 3 aromatic rings. The molecule has 126 valence electrons. The van der Waals surface area contributed by atoms with E-state index in [-0.39, 0.29) is 0 Å². The number of aromatic nitrogens is 1. The quantitative estimate of drug-likeness (QED) is 0.435. The number of rotatable bonds is 3. The molecule has 1 aromatic heterocycles. The van der Waals surface area contributed by atoms with E-state index in [9.17, 15) is 9.90 Å². The minimum absolute atomic E-state index is 0.318. The minimum atomic E-state index is -0.854. The highest BCUT2D eigenvalue weighted by Gasteiger charge is 2.25. The first-order valence-electron chi connectivity index (χ1n) is 7.84. The summed E-state index contributed by atoms with van der Waals surface area (Å²) < 4.78 is 5.05. The molecule has 25 heavy (non-hydrogen) atoms. The number of H-pyrrole nitrogens is 1. The van der Waals surface area contributed by atoms with Crippen molar-refractivity contribution in [3.8, 4) is 5.75 Å². The van der Waals surface area contributed by atoms with Gasteiger partial charge in [0.05, 0.1) is 0 Å². The average molecular weight is 336 g/mol. The second-order valence-electron chi connectivity index (χ2n) is 5.78. The highest BCUT2D eigenvalue weighted by molar-refractivity contribution is 5.99. The smallest absolute Gasteiger partial charge is 0.337 e. The van der Waals surface area contributed by atoms with E-state index in [2.05, 4.69) is 10.3 Å². The zero-order valence-corrected chi connectivity index (χ0v) is 13.2. The third kappa shape index (κ3) is 2.77. The molecule has 6 nitrogen and oxygen atoms in total. The number of esters is 1. The Morgan fingerprint density at radius 2 is 2.08 bits per heavy atom. The Bertz CT molecular complexity index is 990. The summed E-state index contributed by atoms with van der Waals surface area (Å²) in [5, 5.41) is 23.2. The van der Waals surface area contributed by atoms with Crippen molar-refractivity contribution < 1.29 is 19.7 Å². The topological polar surface area (TPSA) is 94.6 Å². The van der Waals surface area contributed by atoms with E-state index in [4.69, 9.17) is 9.84 Å². The van der Waals surface area contributed by atoms with Crippen LogP contribution in [0.5, 0.6) is 5.75 Å². The van der Waals surface area contributed by atoms with Crippen LogP contribution in [0.3, 0.4) is 0 Å². The van der Waals surface area contributed by atoms with Gasteiger partial charge in [-0.25, -0.2) is 4.79 Å². The Hall–Kier alpha value is -3.09. The van der Waals surface area contributed by atoms with Crippen molar-refractivity contribution in [2.45, 2.75) is 6.23 Å². The van der Waals surface area contributed by atoms with Gasteiger partial charge in [-0.1, -0.05) is 18.2 Å². The molecule has 0 amide bonds. The SMILES string of the molecule is O=C(CO)Oc1ccc2c(c1)C(=Cc1c[nH]c3ccccc13)C(O)N2. The maximum atomic E-state index is 11.3. The van der Waals surface area contributed by atoms with E-state index in [0.717, 1.165) is 27.7 Å². The number of hydrogen-bond acceptors (Lipinski definition) is 5. The van der Waals surface area contributed by atoms with E-state index in [0.29, 0.717) is 11.3 Å². The summed E-state index contributed by atoms with van der Waals surface area (Å²) >= 11 is 0. The highest BCUT2D eigenvalue weighted by atomic mass is 16.5. The van der Waals surface area contributed by atoms with Crippen molar-refractivity contribution in [1.82, 2.24) is 4.98 Å². The largest absolute Gasteiger partial charge is 0.425 e. The number of ether oxygens (including phenoxy) is 1. The molecule has 2 aromatic carbocycles. The number of fused-ring (bicyclic) bond motifs is 2. The first-order valence-corrected chi connectivity index (χ1v) is 7.84. The molecular formula is C19H16N2O4. The summed E-state index contributed by atoms with van der Waals surface area (Å²) in [5.41, 5.74) is 4.16. The minimum Gasteiger partial charge on any atom is -0.425 e. The number of carbonyl (C=O) groups excluding carboxylic acids is 1. The Balaban J connectivity index is 1.76. The van der Waals surface area contributed by atoms with Gasteiger partial charge in [0.15, 0.2) is 6.23 Å². The molecule has 1 aliphatic heterocycles. The van der Waals surface area contributed by atoms with Gasteiger partial charge in [-0.3, -0.25) is 0 Å². The van der Waals surface area contributed by atoms with Gasteiger partial charge in [0, 0.05) is 39.5 Å². The molecule has 0 saturated carbocycles. The van der Waals surface area contributed by atoms with Crippen LogP contribution in [0.2, 0.25) is 0 Å². The number of hydrogen-bond donors (Lipinski definition) is 4. The Labute approximate surface area is 143 Å². The third-order valence-corrected chi connectivity index (χ3v) is 4.18. The van der Waals surface area contributed by atoms with Crippen molar-refractivity contribution in [2.75, 3.05) is 11.9 Å². The number of nitrogens with one attached hydrogen (secondary N) is 2. The number of aliphatic hydroxyl groups excluding tert-OH is 2. The van der Waals surface area contributed by atoms with E-state index in [1.807, 2.05) is 36.5 Å². The van der Waals surface area contributed by atoms with Crippen molar-refractivity contribution in [2.24, 2.45) is 0 Å². The molecule has 0 aliphatic carbocycles. The van der Waals surface area contributed by atoms with Crippen molar-refractivity contribution in [3.63, 3.8) is 0 Å². The zero-order valence-electron chi connectivity index (χ0n) is 13.2. The lowest BCUT2D eigenvalue weighted by molar-refractivity contribution is -0.137. The molecule has 0 fully saturated rings. The van der Waals surface area contributed by atoms with Gasteiger partial charge < -0.3 is 25.3 Å². The zero-order chi connectivity index (χ0) is 17.4. The average Bonchev–Trinajstić information content (AvgIpc) is 3.17. The summed E-state index contributed by atoms with van der Waals surface area (Å²) in [5.74, 6) is -0.410. The number of para-hydroxylation sites is 1. The van der Waals surface area contributed by atoms with Gasteiger partial charge in [-0.15, -0.1) is 0 Å². The van der Waals surface area contributed by atoms with Crippen LogP contribution in [0, 0.1) is 0 Å². The molecule has 1 atom stereocenters. The van der Waals surface area contributed by atoms with E-state index >= 15 is 0 Å². The lowest BCUT2D eigenvalue weighted by Gasteiger charge is -2.06. The lowest BCUT2D eigenvalue weighted by atomic mass is 10.0. The Morgan fingerprint density at radius 1 is 1.24 bits per heavy atom. The monoisotopic (exact) mass is 336 g/mol. The summed E-state index contributed by atoms with van der Waals surface area (Å²) in [6.45, 7) is -0.685. The van der Waals surface area contributed by atoms with Gasteiger partial charge in [0.1, 0.15) is 12.4 Å². The van der Waals surface area contributed by atoms with Crippen LogP contribution in [0.1, 0.15) is 11.1 Å². The first kappa shape index (κ1) is 15.4. The molecule has 1 unspecified atom stereocenters. The number of aromatic amines is 1. The molecule has 1 aliphatic rings. The van der Waals surface area contributed by atoms with Crippen LogP contribution < -0.4 is 10.1 Å². The predicted octanol–water partition coefficient (Wildman–Crippen LogP) is 2.35. The van der Waals surface area contributed by atoms with Gasteiger partial charge >= 0.3 is 5.97 Å². The molecule has 6 heteroatoms. The van der Waals surface area contributed by atoms with Gasteiger partial charge in [-0.2, -0.15) is 0 Å². The summed E-state index contributed by atoms with van der Waals surface area (Å²) in [6.07, 6.45) is 2.94. The number of carbonyl (C=O) groups is 1. The molecule has 2 heterocycles. The van der Waals surface area contributed by atoms with E-state index in [1.54, 1.807) is 18.2 Å². The number of anilines is 1. The fraction of sp³-hybridized carbons (Fsp3) is 0.105. The summed E-state index contributed by atoms with van der Waals surface area (Å²) in [6, 6.07) is 12.9. The molecule has 0 saturated heterocycles. The maximum absolute atomic E-state index is 11.3. The van der Waals surface area contributed by atoms with Crippen LogP contribution in [0.25, 0.3) is 22.6 Å². The second-order valence-corrected chi connectivity index (χ2v) is 5.78. The normalized spacial score (nSPS) is 17.5. The standard InChI is InChI=1S/C19H16N2O4/c22-10-18(23)25-12-5-6-17-14(8-12)15(19(24)21-17)7-11-9-20-16-4-2-1-3-13(11)16/h1-9,19-22,24H,10H2. The van der Waals surface area contributed by atoms with Crippen molar-refractivity contribution in [1.29, 1.82) is 0 Å². The molecular weight excluding hydrogens is 320 g/mol. The van der Waals surface area contributed by atoms with E-state index < -0.39 is 18.8 Å². The lowest BCUT2D eigenvalue weighted by Crippen LogP contribution is -2.12. The van der Waals surface area contributed by atoms with Crippen LogP contribution >= 0.6 is 0 Å². The fourth-order valence-electron chi connectivity index (χ4n) is 3.03. The van der Waals surface area contributed by atoms with Crippen LogP contribution in [0.15, 0.2) is 48.7 Å². The summed E-state index contributed by atoms with van der Waals surface area (Å²) in [7, 11) is 0. The Morgan fingerprint density at radius 3 is 2.92 bits per heavy atom.